The smallest absolute Gasteiger partial charge is 0.303 e. The van der Waals surface area contributed by atoms with E-state index in [0.29, 0.717) is 18.5 Å². The van der Waals surface area contributed by atoms with Gasteiger partial charge in [-0.1, -0.05) is 96.8 Å². The molecule has 5 nitrogen and oxygen atoms in total. The summed E-state index contributed by atoms with van der Waals surface area (Å²) in [5.74, 6) is -0.706. The molecule has 0 saturated heterocycles. The second-order valence-electron chi connectivity index (χ2n) is 8.59. The monoisotopic (exact) mass is 448 g/mol. The molecule has 0 unspecified atom stereocenters. The molecule has 184 valence electrons. The lowest BCUT2D eigenvalue weighted by atomic mass is 10.0. The third-order valence-electron chi connectivity index (χ3n) is 5.58. The molecule has 0 aliphatic heterocycles. The van der Waals surface area contributed by atoms with Crippen molar-refractivity contribution in [2.45, 2.75) is 124 Å². The average Bonchev–Trinajstić information content (AvgIpc) is 2.77. The summed E-state index contributed by atoms with van der Waals surface area (Å²) in [5.41, 5.74) is 1.42. The van der Waals surface area contributed by atoms with Crippen molar-refractivity contribution in [1.82, 2.24) is 10.3 Å². The van der Waals surface area contributed by atoms with E-state index < -0.39 is 5.97 Å². The Morgan fingerprint density at radius 3 is 1.69 bits per heavy atom. The lowest BCUT2D eigenvalue weighted by molar-refractivity contribution is -0.137. The average molecular weight is 449 g/mol. The summed E-state index contributed by atoms with van der Waals surface area (Å²) in [5, 5.41) is 11.2. The number of nitrogens with one attached hydrogen (secondary N) is 1. The maximum atomic E-state index is 11.3. The molecule has 2 N–H and O–H groups in total. The van der Waals surface area contributed by atoms with Crippen molar-refractivity contribution in [3.63, 3.8) is 0 Å². The Kier molecular flexibility index (Phi) is 21.0. The minimum atomic E-state index is -0.653. The molecule has 0 fully saturated rings. The summed E-state index contributed by atoms with van der Waals surface area (Å²) in [6.45, 7) is 6.63. The molecule has 1 aromatic heterocycles. The van der Waals surface area contributed by atoms with Crippen LogP contribution >= 0.6 is 0 Å². The zero-order valence-electron chi connectivity index (χ0n) is 21.0. The molecule has 1 heterocycles. The fourth-order valence-electron chi connectivity index (χ4n) is 3.63. The highest BCUT2D eigenvalue weighted by Crippen LogP contribution is 2.13. The van der Waals surface area contributed by atoms with Crippen LogP contribution in [0, 0.1) is 6.92 Å². The lowest BCUT2D eigenvalue weighted by Gasteiger charge is -2.03. The minimum Gasteiger partial charge on any atom is -0.481 e. The van der Waals surface area contributed by atoms with Crippen molar-refractivity contribution >= 4 is 11.9 Å². The van der Waals surface area contributed by atoms with Crippen molar-refractivity contribution in [3.05, 3.63) is 29.6 Å². The fourth-order valence-corrected chi connectivity index (χ4v) is 3.63. The maximum Gasteiger partial charge on any atom is 0.303 e. The van der Waals surface area contributed by atoms with Crippen LogP contribution in [0.4, 0.5) is 0 Å². The van der Waals surface area contributed by atoms with Crippen LogP contribution in [0.25, 0.3) is 0 Å². The molecule has 1 aromatic rings. The Balaban J connectivity index is 0.000000677. The number of aryl methyl sites for hydroxylation is 1. The Hall–Kier alpha value is -1.91. The first-order valence-corrected chi connectivity index (χ1v) is 12.9. The van der Waals surface area contributed by atoms with E-state index >= 15 is 0 Å². The van der Waals surface area contributed by atoms with Crippen LogP contribution in [-0.4, -0.2) is 28.5 Å². The van der Waals surface area contributed by atoms with Crippen molar-refractivity contribution in [1.29, 1.82) is 0 Å². The van der Waals surface area contributed by atoms with E-state index in [1.54, 1.807) is 18.3 Å². The van der Waals surface area contributed by atoms with Crippen LogP contribution in [0.1, 0.15) is 133 Å². The number of carbonyl (C=O) groups excluding carboxylic acids is 1. The second kappa shape index (κ2) is 22.3. The molecule has 0 spiro atoms. The van der Waals surface area contributed by atoms with Crippen LogP contribution < -0.4 is 5.32 Å². The van der Waals surface area contributed by atoms with Gasteiger partial charge in [0.15, 0.2) is 0 Å². The third kappa shape index (κ3) is 18.8. The molecule has 0 saturated carbocycles. The summed E-state index contributed by atoms with van der Waals surface area (Å²) >= 11 is 0. The predicted octanol–water partition coefficient (Wildman–Crippen LogP) is 7.47. The summed E-state index contributed by atoms with van der Waals surface area (Å²) in [6.07, 6.45) is 21.9. The number of rotatable bonds is 18. The molecule has 0 bridgehead atoms. The summed E-state index contributed by atoms with van der Waals surface area (Å²) in [6, 6.07) is 3.53. The van der Waals surface area contributed by atoms with E-state index in [2.05, 4.69) is 17.2 Å². The van der Waals surface area contributed by atoms with Crippen LogP contribution in [0.15, 0.2) is 18.3 Å². The first-order chi connectivity index (χ1) is 15.5. The number of carbonyl (C=O) groups is 2. The van der Waals surface area contributed by atoms with Gasteiger partial charge in [-0.25, -0.2) is 0 Å². The Morgan fingerprint density at radius 2 is 1.28 bits per heavy atom. The van der Waals surface area contributed by atoms with Gasteiger partial charge in [-0.3, -0.25) is 14.6 Å². The number of carboxylic acid groups (broad SMARTS) is 1. The lowest BCUT2D eigenvalue weighted by Crippen LogP contribution is -2.23. The highest BCUT2D eigenvalue weighted by atomic mass is 16.4. The summed E-state index contributed by atoms with van der Waals surface area (Å²) < 4.78 is 0. The molecule has 0 radical (unpaired) electrons. The van der Waals surface area contributed by atoms with Gasteiger partial charge < -0.3 is 10.4 Å². The molecule has 0 atom stereocenters. The molecule has 1 rings (SSSR count). The number of aliphatic carboxylic acids is 1. The topological polar surface area (TPSA) is 79.3 Å². The summed E-state index contributed by atoms with van der Waals surface area (Å²) in [7, 11) is 0. The minimum absolute atomic E-state index is 0.0527. The van der Waals surface area contributed by atoms with Gasteiger partial charge in [0.2, 0.25) is 0 Å². The first-order valence-electron chi connectivity index (χ1n) is 12.9. The molecule has 0 aliphatic rings. The highest BCUT2D eigenvalue weighted by molar-refractivity contribution is 5.95. The zero-order valence-corrected chi connectivity index (χ0v) is 21.0. The van der Waals surface area contributed by atoms with Gasteiger partial charge >= 0.3 is 5.97 Å². The maximum absolute atomic E-state index is 11.3. The molecular weight excluding hydrogens is 400 g/mol. The molecule has 5 heteroatoms. The molecule has 0 aliphatic carbocycles. The number of nitrogens with zero attached hydrogens (tertiary/aromatic N) is 1. The van der Waals surface area contributed by atoms with E-state index in [9.17, 15) is 9.59 Å². The van der Waals surface area contributed by atoms with Gasteiger partial charge in [-0.15, -0.1) is 0 Å². The fraction of sp³-hybridized carbons (Fsp3) is 0.741. The first kappa shape index (κ1) is 30.1. The van der Waals surface area contributed by atoms with E-state index in [1.165, 1.54) is 83.5 Å². The zero-order chi connectivity index (χ0) is 23.9. The number of amides is 1. The number of unbranched alkanes of at least 4 members (excludes halogenated alkanes) is 14. The van der Waals surface area contributed by atoms with E-state index in [1.807, 2.05) is 13.8 Å². The standard InChI is InChI=1S/C18H36O2.C9H12N2O/c1-2-3-4-5-6-7-8-9-10-11-12-13-14-15-16-17-18(19)20;1-3-10-9(12)8-5-4-6-11-7(8)2/h2-17H2,1H3,(H,19,20);4-6H,3H2,1-2H3,(H,10,12). The van der Waals surface area contributed by atoms with Crippen LogP contribution in [0.3, 0.4) is 0 Å². The van der Waals surface area contributed by atoms with E-state index in [0.717, 1.165) is 18.5 Å². The predicted molar refractivity (Wildman–Crippen MR) is 134 cm³/mol. The second-order valence-corrected chi connectivity index (χ2v) is 8.59. The van der Waals surface area contributed by atoms with Gasteiger partial charge in [-0.05, 0) is 32.4 Å². The Bertz CT molecular complexity index is 590. The van der Waals surface area contributed by atoms with Gasteiger partial charge in [0, 0.05) is 24.9 Å². The van der Waals surface area contributed by atoms with Gasteiger partial charge in [-0.2, -0.15) is 0 Å². The van der Waals surface area contributed by atoms with Gasteiger partial charge in [0.25, 0.3) is 5.91 Å². The normalized spacial score (nSPS) is 10.3. The van der Waals surface area contributed by atoms with Crippen LogP contribution in [-0.2, 0) is 4.79 Å². The third-order valence-corrected chi connectivity index (χ3v) is 5.58. The van der Waals surface area contributed by atoms with Crippen molar-refractivity contribution in [2.75, 3.05) is 6.54 Å². The van der Waals surface area contributed by atoms with Crippen molar-refractivity contribution in [2.24, 2.45) is 0 Å². The quantitative estimate of drug-likeness (QED) is 0.228. The number of hydrogen-bond acceptors (Lipinski definition) is 3. The largest absolute Gasteiger partial charge is 0.481 e. The van der Waals surface area contributed by atoms with Gasteiger partial charge in [0.05, 0.1) is 5.56 Å². The van der Waals surface area contributed by atoms with Crippen LogP contribution in [0.2, 0.25) is 0 Å². The number of hydrogen-bond donors (Lipinski definition) is 2. The van der Waals surface area contributed by atoms with Crippen LogP contribution in [0.5, 0.6) is 0 Å². The molecule has 1 amide bonds. The molecule has 0 aromatic carbocycles. The molecule has 32 heavy (non-hydrogen) atoms. The Labute approximate surface area is 196 Å². The SMILES string of the molecule is CCCCCCCCCCCCCCCCCC(=O)O.CCNC(=O)c1cccnc1C. The number of pyridine rings is 1. The van der Waals surface area contributed by atoms with E-state index in [-0.39, 0.29) is 5.91 Å². The van der Waals surface area contributed by atoms with Crippen molar-refractivity contribution < 1.29 is 14.7 Å². The Morgan fingerprint density at radius 1 is 0.812 bits per heavy atom. The molecular formula is C27H48N2O3. The summed E-state index contributed by atoms with van der Waals surface area (Å²) in [4.78, 5) is 25.7. The number of aromatic nitrogens is 1. The number of carboxylic acids is 1. The van der Waals surface area contributed by atoms with E-state index in [4.69, 9.17) is 5.11 Å². The highest BCUT2D eigenvalue weighted by Gasteiger charge is 2.06. The van der Waals surface area contributed by atoms with Crippen molar-refractivity contribution in [3.8, 4) is 0 Å². The van der Waals surface area contributed by atoms with Gasteiger partial charge in [0.1, 0.15) is 0 Å².